The Morgan fingerprint density at radius 1 is 1.10 bits per heavy atom. The Hall–Kier alpha value is -0.910. The third-order valence-corrected chi connectivity index (χ3v) is 3.84. The van der Waals surface area contributed by atoms with E-state index in [9.17, 15) is 0 Å². The molecule has 0 atom stereocenters. The first-order valence-electron chi connectivity index (χ1n) is 7.09. The van der Waals surface area contributed by atoms with Crippen molar-refractivity contribution in [1.29, 1.82) is 0 Å². The highest BCUT2D eigenvalue weighted by Crippen LogP contribution is 2.34. The molecule has 0 bridgehead atoms. The predicted molar refractivity (Wildman–Crippen MR) is 79.8 cm³/mol. The van der Waals surface area contributed by atoms with E-state index in [1.54, 1.807) is 11.8 Å². The monoisotopic (exact) mass is 298 g/mol. The molecule has 0 radical (unpaired) electrons. The molecule has 1 aliphatic heterocycles. The largest absolute Gasteiger partial charge is 0.490 e. The lowest BCUT2D eigenvalue weighted by Gasteiger charge is -2.16. The first kappa shape index (κ1) is 15.5. The average molecular weight is 298 g/mol. The van der Waals surface area contributed by atoms with Gasteiger partial charge in [0.15, 0.2) is 17.8 Å². The lowest BCUT2D eigenvalue weighted by atomic mass is 10.3. The van der Waals surface area contributed by atoms with Crippen LogP contribution in [0.3, 0.4) is 0 Å². The Balaban J connectivity index is 1.93. The highest BCUT2D eigenvalue weighted by Gasteiger charge is 2.13. The van der Waals surface area contributed by atoms with Gasteiger partial charge in [0, 0.05) is 30.3 Å². The number of hydrogen-bond donors (Lipinski definition) is 0. The Bertz CT molecular complexity index is 405. The molecule has 0 fully saturated rings. The van der Waals surface area contributed by atoms with E-state index < -0.39 is 0 Å². The molecule has 0 amide bonds. The van der Waals surface area contributed by atoms with Gasteiger partial charge in [-0.2, -0.15) is 0 Å². The summed E-state index contributed by atoms with van der Waals surface area (Å²) in [4.78, 5) is 1.14. The van der Waals surface area contributed by atoms with Crippen LogP contribution in [0.15, 0.2) is 23.1 Å². The predicted octanol–water partition coefficient (Wildman–Crippen LogP) is 3.34. The molecule has 20 heavy (non-hydrogen) atoms. The maximum Gasteiger partial charge on any atom is 0.166 e. The minimum absolute atomic E-state index is 0.161. The molecule has 5 heteroatoms. The second-order valence-corrected chi connectivity index (χ2v) is 5.40. The van der Waals surface area contributed by atoms with E-state index in [0.717, 1.165) is 35.2 Å². The van der Waals surface area contributed by atoms with Gasteiger partial charge in [-0.3, -0.25) is 0 Å². The fourth-order valence-electron chi connectivity index (χ4n) is 1.91. The van der Waals surface area contributed by atoms with Crippen LogP contribution in [0.2, 0.25) is 0 Å². The van der Waals surface area contributed by atoms with E-state index in [1.807, 2.05) is 32.0 Å². The molecular weight excluding hydrogens is 276 g/mol. The summed E-state index contributed by atoms with van der Waals surface area (Å²) < 4.78 is 22.4. The summed E-state index contributed by atoms with van der Waals surface area (Å²) in [6.45, 7) is 6.70. The number of hydrogen-bond acceptors (Lipinski definition) is 5. The van der Waals surface area contributed by atoms with E-state index in [4.69, 9.17) is 18.9 Å². The van der Waals surface area contributed by atoms with Gasteiger partial charge in [-0.15, -0.1) is 11.8 Å². The molecule has 1 heterocycles. The molecule has 0 spiro atoms. The van der Waals surface area contributed by atoms with Crippen LogP contribution in [0.4, 0.5) is 0 Å². The van der Waals surface area contributed by atoms with Gasteiger partial charge in [0.25, 0.3) is 0 Å². The topological polar surface area (TPSA) is 36.9 Å². The summed E-state index contributed by atoms with van der Waals surface area (Å²) >= 11 is 1.70. The van der Waals surface area contributed by atoms with Gasteiger partial charge in [0.1, 0.15) is 0 Å². The molecule has 0 N–H and O–H groups in total. The van der Waals surface area contributed by atoms with E-state index in [0.29, 0.717) is 19.8 Å². The molecule has 1 aromatic rings. The fourth-order valence-corrected chi connectivity index (χ4v) is 2.79. The molecule has 1 aromatic carbocycles. The SMILES string of the molecule is CCOC(CSc1ccc2c(c1)OCCCO2)OCC. The zero-order valence-corrected chi connectivity index (χ0v) is 12.9. The lowest BCUT2D eigenvalue weighted by molar-refractivity contribution is -0.120. The zero-order valence-electron chi connectivity index (χ0n) is 12.1. The smallest absolute Gasteiger partial charge is 0.166 e. The minimum atomic E-state index is -0.161. The Kier molecular flexibility index (Phi) is 6.50. The van der Waals surface area contributed by atoms with Crippen LogP contribution in [-0.4, -0.2) is 38.5 Å². The third-order valence-electron chi connectivity index (χ3n) is 2.81. The molecule has 112 valence electrons. The van der Waals surface area contributed by atoms with Crippen molar-refractivity contribution >= 4 is 11.8 Å². The van der Waals surface area contributed by atoms with E-state index >= 15 is 0 Å². The summed E-state index contributed by atoms with van der Waals surface area (Å²) in [5.74, 6) is 2.43. The molecule has 0 saturated heterocycles. The van der Waals surface area contributed by atoms with E-state index in [1.165, 1.54) is 0 Å². The van der Waals surface area contributed by atoms with Gasteiger partial charge in [-0.05, 0) is 32.0 Å². The molecule has 0 aromatic heterocycles. The second-order valence-electron chi connectivity index (χ2n) is 4.31. The lowest BCUT2D eigenvalue weighted by Crippen LogP contribution is -2.19. The summed E-state index contributed by atoms with van der Waals surface area (Å²) in [6.07, 6.45) is 0.763. The fraction of sp³-hybridized carbons (Fsp3) is 0.600. The molecule has 4 nitrogen and oxygen atoms in total. The molecule has 0 unspecified atom stereocenters. The molecular formula is C15H22O4S. The van der Waals surface area contributed by atoms with Crippen molar-refractivity contribution in [2.75, 3.05) is 32.2 Å². The number of thioether (sulfide) groups is 1. The van der Waals surface area contributed by atoms with Gasteiger partial charge < -0.3 is 18.9 Å². The summed E-state index contributed by atoms with van der Waals surface area (Å²) in [5, 5.41) is 0. The van der Waals surface area contributed by atoms with Gasteiger partial charge in [0.05, 0.1) is 13.2 Å². The van der Waals surface area contributed by atoms with Crippen molar-refractivity contribution in [3.8, 4) is 11.5 Å². The van der Waals surface area contributed by atoms with E-state index in [2.05, 4.69) is 0 Å². The highest BCUT2D eigenvalue weighted by molar-refractivity contribution is 7.99. The number of benzene rings is 1. The first-order valence-corrected chi connectivity index (χ1v) is 8.07. The highest BCUT2D eigenvalue weighted by atomic mass is 32.2. The number of ether oxygens (including phenoxy) is 4. The van der Waals surface area contributed by atoms with Gasteiger partial charge in [0.2, 0.25) is 0 Å². The van der Waals surface area contributed by atoms with Crippen molar-refractivity contribution < 1.29 is 18.9 Å². The number of rotatable bonds is 7. The number of fused-ring (bicyclic) bond motifs is 1. The van der Waals surface area contributed by atoms with Crippen LogP contribution < -0.4 is 9.47 Å². The van der Waals surface area contributed by atoms with Gasteiger partial charge >= 0.3 is 0 Å². The van der Waals surface area contributed by atoms with E-state index in [-0.39, 0.29) is 6.29 Å². The van der Waals surface area contributed by atoms with Crippen LogP contribution in [-0.2, 0) is 9.47 Å². The molecule has 0 aliphatic carbocycles. The molecule has 1 aliphatic rings. The van der Waals surface area contributed by atoms with Crippen LogP contribution in [0.1, 0.15) is 20.3 Å². The quantitative estimate of drug-likeness (QED) is 0.570. The van der Waals surface area contributed by atoms with Crippen molar-refractivity contribution in [2.24, 2.45) is 0 Å². The Labute approximate surface area is 124 Å². The maximum atomic E-state index is 5.69. The van der Waals surface area contributed by atoms with Crippen molar-refractivity contribution in [1.82, 2.24) is 0 Å². The molecule has 2 rings (SSSR count). The Morgan fingerprint density at radius 3 is 2.50 bits per heavy atom. The summed E-state index contributed by atoms with van der Waals surface area (Å²) in [7, 11) is 0. The van der Waals surface area contributed by atoms with Gasteiger partial charge in [-0.25, -0.2) is 0 Å². The normalized spacial score (nSPS) is 14.3. The second kappa shape index (κ2) is 8.39. The molecule has 0 saturated carbocycles. The van der Waals surface area contributed by atoms with Crippen molar-refractivity contribution in [2.45, 2.75) is 31.5 Å². The van der Waals surface area contributed by atoms with Crippen molar-refractivity contribution in [3.63, 3.8) is 0 Å². The zero-order chi connectivity index (χ0) is 14.2. The third kappa shape index (κ3) is 4.58. The first-order chi connectivity index (χ1) is 9.83. The maximum absolute atomic E-state index is 5.69. The standard InChI is InChI=1S/C15H22O4S/c1-3-16-15(17-4-2)11-20-12-6-7-13-14(10-12)19-9-5-8-18-13/h6-7,10,15H,3-5,8-9,11H2,1-2H3. The van der Waals surface area contributed by atoms with Crippen molar-refractivity contribution in [3.05, 3.63) is 18.2 Å². The summed E-state index contributed by atoms with van der Waals surface area (Å²) in [5.41, 5.74) is 0. The van der Waals surface area contributed by atoms with Crippen LogP contribution in [0.25, 0.3) is 0 Å². The average Bonchev–Trinajstić information content (AvgIpc) is 2.70. The minimum Gasteiger partial charge on any atom is -0.490 e. The van der Waals surface area contributed by atoms with Crippen LogP contribution in [0, 0.1) is 0 Å². The summed E-state index contributed by atoms with van der Waals surface area (Å²) in [6, 6.07) is 6.05. The van der Waals surface area contributed by atoms with Gasteiger partial charge in [-0.1, -0.05) is 0 Å². The van der Waals surface area contributed by atoms with Crippen LogP contribution in [0.5, 0.6) is 11.5 Å². The van der Waals surface area contributed by atoms with Crippen LogP contribution >= 0.6 is 11.8 Å². The Morgan fingerprint density at radius 2 is 1.80 bits per heavy atom.